The van der Waals surface area contributed by atoms with Crippen LogP contribution in [0.5, 0.6) is 0 Å². The number of anilines is 1. The first kappa shape index (κ1) is 19.0. The fourth-order valence-electron chi connectivity index (χ4n) is 2.11. The summed E-state index contributed by atoms with van der Waals surface area (Å²) in [6.45, 7) is 0.186. The summed E-state index contributed by atoms with van der Waals surface area (Å²) in [5, 5.41) is 14.1. The maximum atomic E-state index is 12.8. The van der Waals surface area contributed by atoms with Crippen LogP contribution in [0.4, 0.5) is 19.0 Å². The Balaban J connectivity index is 1.85. The highest BCUT2D eigenvalue weighted by Crippen LogP contribution is 2.33. The van der Waals surface area contributed by atoms with Gasteiger partial charge in [0.1, 0.15) is 5.82 Å². The van der Waals surface area contributed by atoms with E-state index in [9.17, 15) is 18.0 Å². The maximum Gasteiger partial charge on any atom is 0.419 e. The highest BCUT2D eigenvalue weighted by Gasteiger charge is 2.33. The summed E-state index contributed by atoms with van der Waals surface area (Å²) in [5.74, 6) is -0.704. The lowest BCUT2D eigenvalue weighted by Gasteiger charge is -2.13. The number of nitrogens with one attached hydrogen (secondary N) is 2. The summed E-state index contributed by atoms with van der Waals surface area (Å²) < 4.78 is 38.5. The zero-order valence-electron chi connectivity index (χ0n) is 13.5. The van der Waals surface area contributed by atoms with Crippen LogP contribution in [0.2, 0.25) is 0 Å². The molecule has 0 unspecified atom stereocenters. The summed E-state index contributed by atoms with van der Waals surface area (Å²) in [6.07, 6.45) is -0.484. The molecule has 1 heterocycles. The van der Waals surface area contributed by atoms with Gasteiger partial charge in [0, 0.05) is 25.4 Å². The molecular weight excluding hydrogens is 345 g/mol. The van der Waals surface area contributed by atoms with Crippen molar-refractivity contribution < 1.29 is 18.0 Å². The minimum atomic E-state index is -4.50. The van der Waals surface area contributed by atoms with Gasteiger partial charge in [-0.25, -0.2) is 4.98 Å². The molecule has 0 atom stereocenters. The number of halogens is 3. The van der Waals surface area contributed by atoms with Gasteiger partial charge in [0.2, 0.25) is 5.91 Å². The first-order chi connectivity index (χ1) is 12.4. The third kappa shape index (κ3) is 5.34. The number of nitrogens with zero attached hydrogens (tertiary/aromatic N) is 2. The smallest absolute Gasteiger partial charge is 0.368 e. The molecule has 2 N–H and O–H groups in total. The lowest BCUT2D eigenvalue weighted by molar-refractivity contribution is -0.137. The van der Waals surface area contributed by atoms with Crippen molar-refractivity contribution >= 4 is 17.8 Å². The Morgan fingerprint density at radius 1 is 1.19 bits per heavy atom. The predicted octanol–water partition coefficient (Wildman–Crippen LogP) is 3.21. The Hall–Kier alpha value is -3.34. The standard InChI is InChI=1S/C18H15F3N4O/c19-18(20,21)15-6-3-9-24-17(15)25-11-10-23-16(26)8-7-13-4-1-2-5-14(13)12-22/h1-9H,10-11H2,(H,23,26)(H,24,25)/b8-7+. The van der Waals surface area contributed by atoms with Gasteiger partial charge in [-0.05, 0) is 29.8 Å². The van der Waals surface area contributed by atoms with E-state index in [1.807, 2.05) is 6.07 Å². The van der Waals surface area contributed by atoms with Crippen LogP contribution in [-0.2, 0) is 11.0 Å². The third-order valence-electron chi connectivity index (χ3n) is 3.33. The summed E-state index contributed by atoms with van der Waals surface area (Å²) in [4.78, 5) is 15.4. The average molecular weight is 360 g/mol. The van der Waals surface area contributed by atoms with Crippen LogP contribution in [0.25, 0.3) is 6.08 Å². The van der Waals surface area contributed by atoms with Gasteiger partial charge in [-0.3, -0.25) is 4.79 Å². The normalized spacial score (nSPS) is 11.2. The zero-order valence-corrected chi connectivity index (χ0v) is 13.5. The third-order valence-corrected chi connectivity index (χ3v) is 3.33. The maximum absolute atomic E-state index is 12.8. The Kier molecular flexibility index (Phi) is 6.33. The molecule has 1 amide bonds. The molecule has 0 saturated carbocycles. The monoisotopic (exact) mass is 360 g/mol. The number of nitriles is 1. The minimum absolute atomic E-state index is 0.0778. The summed E-state index contributed by atoms with van der Waals surface area (Å²) >= 11 is 0. The van der Waals surface area contributed by atoms with Gasteiger partial charge in [-0.1, -0.05) is 18.2 Å². The van der Waals surface area contributed by atoms with Crippen molar-refractivity contribution in [2.24, 2.45) is 0 Å². The summed E-state index contributed by atoms with van der Waals surface area (Å²) in [6, 6.07) is 10.9. The number of carbonyl (C=O) groups is 1. The van der Waals surface area contributed by atoms with E-state index in [0.29, 0.717) is 11.1 Å². The number of carbonyl (C=O) groups excluding carboxylic acids is 1. The number of hydrogen-bond acceptors (Lipinski definition) is 4. The topological polar surface area (TPSA) is 77.8 Å². The first-order valence-electron chi connectivity index (χ1n) is 7.63. The largest absolute Gasteiger partial charge is 0.419 e. The minimum Gasteiger partial charge on any atom is -0.368 e. The van der Waals surface area contributed by atoms with E-state index in [2.05, 4.69) is 15.6 Å². The van der Waals surface area contributed by atoms with Crippen LogP contribution < -0.4 is 10.6 Å². The van der Waals surface area contributed by atoms with Crippen molar-refractivity contribution in [3.63, 3.8) is 0 Å². The van der Waals surface area contributed by atoms with E-state index < -0.39 is 17.6 Å². The number of pyridine rings is 1. The number of alkyl halides is 3. The van der Waals surface area contributed by atoms with Crippen LogP contribution in [0.1, 0.15) is 16.7 Å². The van der Waals surface area contributed by atoms with Gasteiger partial charge in [-0.15, -0.1) is 0 Å². The molecule has 0 aliphatic carbocycles. The lowest BCUT2D eigenvalue weighted by Crippen LogP contribution is -2.27. The van der Waals surface area contributed by atoms with Crippen LogP contribution in [0, 0.1) is 11.3 Å². The Morgan fingerprint density at radius 3 is 2.69 bits per heavy atom. The van der Waals surface area contributed by atoms with Crippen LogP contribution >= 0.6 is 0 Å². The second kappa shape index (κ2) is 8.67. The van der Waals surface area contributed by atoms with Crippen molar-refractivity contribution in [3.8, 4) is 6.07 Å². The van der Waals surface area contributed by atoms with Crippen LogP contribution in [0.3, 0.4) is 0 Å². The van der Waals surface area contributed by atoms with Crippen LogP contribution in [-0.4, -0.2) is 24.0 Å². The zero-order chi connectivity index (χ0) is 19.0. The molecular formula is C18H15F3N4O. The van der Waals surface area contributed by atoms with E-state index >= 15 is 0 Å². The van der Waals surface area contributed by atoms with Crippen molar-refractivity contribution in [2.75, 3.05) is 18.4 Å². The van der Waals surface area contributed by atoms with Gasteiger partial charge in [0.05, 0.1) is 17.2 Å². The van der Waals surface area contributed by atoms with Gasteiger partial charge >= 0.3 is 6.18 Å². The number of rotatable bonds is 6. The van der Waals surface area contributed by atoms with Crippen molar-refractivity contribution in [2.45, 2.75) is 6.18 Å². The average Bonchev–Trinajstić information content (AvgIpc) is 2.63. The molecule has 0 saturated heterocycles. The molecule has 1 aromatic carbocycles. The molecule has 134 valence electrons. The van der Waals surface area contributed by atoms with Gasteiger partial charge in [-0.2, -0.15) is 18.4 Å². The van der Waals surface area contributed by atoms with E-state index in [0.717, 1.165) is 6.07 Å². The van der Waals surface area contributed by atoms with Crippen LogP contribution in [0.15, 0.2) is 48.7 Å². The molecule has 0 fully saturated rings. The van der Waals surface area contributed by atoms with Gasteiger partial charge in [0.15, 0.2) is 0 Å². The molecule has 2 aromatic rings. The van der Waals surface area contributed by atoms with Gasteiger partial charge < -0.3 is 10.6 Å². The highest BCUT2D eigenvalue weighted by molar-refractivity contribution is 5.92. The second-order valence-corrected chi connectivity index (χ2v) is 5.15. The van der Waals surface area contributed by atoms with E-state index in [-0.39, 0.29) is 18.9 Å². The van der Waals surface area contributed by atoms with Crippen molar-refractivity contribution in [1.82, 2.24) is 10.3 Å². The molecule has 0 radical (unpaired) electrons. The molecule has 0 bridgehead atoms. The first-order valence-corrected chi connectivity index (χ1v) is 7.63. The molecule has 1 aromatic heterocycles. The Morgan fingerprint density at radius 2 is 1.96 bits per heavy atom. The molecule has 8 heteroatoms. The van der Waals surface area contributed by atoms with E-state index in [4.69, 9.17) is 5.26 Å². The highest BCUT2D eigenvalue weighted by atomic mass is 19.4. The molecule has 2 rings (SSSR count). The fraction of sp³-hybridized carbons (Fsp3) is 0.167. The fourth-order valence-corrected chi connectivity index (χ4v) is 2.11. The molecule has 26 heavy (non-hydrogen) atoms. The van der Waals surface area contributed by atoms with Crippen molar-refractivity contribution in [3.05, 3.63) is 65.4 Å². The van der Waals surface area contributed by atoms with E-state index in [1.165, 1.54) is 24.4 Å². The second-order valence-electron chi connectivity index (χ2n) is 5.15. The SMILES string of the molecule is N#Cc1ccccc1/C=C/C(=O)NCCNc1ncccc1C(F)(F)F. The Labute approximate surface area is 148 Å². The molecule has 0 spiro atoms. The summed E-state index contributed by atoms with van der Waals surface area (Å²) in [7, 11) is 0. The lowest BCUT2D eigenvalue weighted by atomic mass is 10.1. The number of aromatic nitrogens is 1. The summed E-state index contributed by atoms with van der Waals surface area (Å²) in [5.41, 5.74) is 0.180. The predicted molar refractivity (Wildman–Crippen MR) is 90.9 cm³/mol. The molecule has 0 aliphatic rings. The number of hydrogen-bond donors (Lipinski definition) is 2. The quantitative estimate of drug-likeness (QED) is 0.613. The molecule has 0 aliphatic heterocycles. The van der Waals surface area contributed by atoms with E-state index in [1.54, 1.807) is 24.3 Å². The number of amides is 1. The Bertz CT molecular complexity index is 841. The van der Waals surface area contributed by atoms with Gasteiger partial charge in [0.25, 0.3) is 0 Å². The number of benzene rings is 1. The van der Waals surface area contributed by atoms with Crippen molar-refractivity contribution in [1.29, 1.82) is 5.26 Å². The molecule has 5 nitrogen and oxygen atoms in total.